The number of piperazine rings is 1. The third-order valence-corrected chi connectivity index (χ3v) is 5.79. The zero-order valence-corrected chi connectivity index (χ0v) is 18.7. The Morgan fingerprint density at radius 3 is 2.81 bits per heavy atom. The molecule has 2 aromatic heterocycles. The topological polar surface area (TPSA) is 77.8 Å². The van der Waals surface area contributed by atoms with Gasteiger partial charge in [-0.1, -0.05) is 17.7 Å². The highest BCUT2D eigenvalue weighted by atomic mass is 35.5. The SMILES string of the molecule is Cc1c(NC(=O)/C=C/CN2CCN(C)CC2)cn2ncnc(Nc3ccc(F)c(Cl)c3)c12. The number of anilines is 3. The van der Waals surface area contributed by atoms with Crippen LogP contribution in [0.25, 0.3) is 5.52 Å². The molecule has 2 N–H and O–H groups in total. The van der Waals surface area contributed by atoms with Gasteiger partial charge in [0.1, 0.15) is 17.7 Å². The van der Waals surface area contributed by atoms with Gasteiger partial charge in [-0.3, -0.25) is 9.69 Å². The Labute approximate surface area is 190 Å². The van der Waals surface area contributed by atoms with Crippen LogP contribution in [0.3, 0.4) is 0 Å². The molecule has 1 aromatic carbocycles. The van der Waals surface area contributed by atoms with E-state index in [1.807, 2.05) is 13.0 Å². The van der Waals surface area contributed by atoms with Gasteiger partial charge in [0.2, 0.25) is 5.91 Å². The average molecular weight is 458 g/mol. The van der Waals surface area contributed by atoms with Crippen molar-refractivity contribution in [3.63, 3.8) is 0 Å². The number of likely N-dealkylation sites (N-methyl/N-ethyl adjacent to an activating group) is 1. The van der Waals surface area contributed by atoms with E-state index in [9.17, 15) is 9.18 Å². The first-order valence-corrected chi connectivity index (χ1v) is 10.7. The van der Waals surface area contributed by atoms with Crippen LogP contribution in [-0.4, -0.2) is 70.1 Å². The highest BCUT2D eigenvalue weighted by Crippen LogP contribution is 2.29. The Kier molecular flexibility index (Phi) is 6.69. The molecule has 1 aliphatic rings. The van der Waals surface area contributed by atoms with Crippen molar-refractivity contribution in [1.29, 1.82) is 0 Å². The first kappa shape index (κ1) is 22.2. The van der Waals surface area contributed by atoms with Crippen molar-refractivity contribution in [1.82, 2.24) is 24.4 Å². The molecule has 8 nitrogen and oxygen atoms in total. The van der Waals surface area contributed by atoms with E-state index in [1.165, 1.54) is 18.5 Å². The highest BCUT2D eigenvalue weighted by molar-refractivity contribution is 6.31. The van der Waals surface area contributed by atoms with Crippen molar-refractivity contribution in [2.45, 2.75) is 6.92 Å². The molecule has 1 saturated heterocycles. The number of carbonyl (C=O) groups is 1. The van der Waals surface area contributed by atoms with Gasteiger partial charge in [0, 0.05) is 50.1 Å². The molecule has 3 aromatic rings. The predicted molar refractivity (Wildman–Crippen MR) is 124 cm³/mol. The molecular formula is C22H25ClFN7O. The van der Waals surface area contributed by atoms with Crippen molar-refractivity contribution in [2.24, 2.45) is 0 Å². The second-order valence-corrected chi connectivity index (χ2v) is 8.23. The average Bonchev–Trinajstić information content (AvgIpc) is 3.08. The Morgan fingerprint density at radius 1 is 1.28 bits per heavy atom. The van der Waals surface area contributed by atoms with Gasteiger partial charge in [-0.15, -0.1) is 0 Å². The second kappa shape index (κ2) is 9.64. The lowest BCUT2D eigenvalue weighted by molar-refractivity contribution is -0.111. The number of fused-ring (bicyclic) bond motifs is 1. The number of aryl methyl sites for hydroxylation is 1. The van der Waals surface area contributed by atoms with Crippen LogP contribution in [-0.2, 0) is 4.79 Å². The van der Waals surface area contributed by atoms with Crippen molar-refractivity contribution in [3.8, 4) is 0 Å². The number of aromatic nitrogens is 3. The number of hydrogen-bond acceptors (Lipinski definition) is 6. The Bertz CT molecular complexity index is 1150. The molecule has 3 heterocycles. The maximum atomic E-state index is 13.4. The molecule has 0 radical (unpaired) electrons. The monoisotopic (exact) mass is 457 g/mol. The number of benzene rings is 1. The van der Waals surface area contributed by atoms with Gasteiger partial charge in [0.05, 0.1) is 16.9 Å². The van der Waals surface area contributed by atoms with Crippen molar-refractivity contribution >= 4 is 40.2 Å². The minimum absolute atomic E-state index is 0.0171. The van der Waals surface area contributed by atoms with Crippen LogP contribution in [0.2, 0.25) is 5.02 Å². The molecule has 1 fully saturated rings. The van der Waals surface area contributed by atoms with Crippen LogP contribution in [0.15, 0.2) is 42.9 Å². The summed E-state index contributed by atoms with van der Waals surface area (Å²) in [6, 6.07) is 4.35. The van der Waals surface area contributed by atoms with E-state index >= 15 is 0 Å². The number of hydrogen-bond donors (Lipinski definition) is 2. The lowest BCUT2D eigenvalue weighted by Crippen LogP contribution is -2.44. The van der Waals surface area contributed by atoms with E-state index in [-0.39, 0.29) is 10.9 Å². The Hall–Kier alpha value is -3.01. The van der Waals surface area contributed by atoms with E-state index in [4.69, 9.17) is 11.6 Å². The smallest absolute Gasteiger partial charge is 0.248 e. The highest BCUT2D eigenvalue weighted by Gasteiger charge is 2.15. The molecule has 1 amide bonds. The molecule has 0 unspecified atom stereocenters. The summed E-state index contributed by atoms with van der Waals surface area (Å²) in [5, 5.41) is 10.3. The minimum atomic E-state index is -0.491. The van der Waals surface area contributed by atoms with Crippen LogP contribution >= 0.6 is 11.6 Å². The molecule has 0 saturated carbocycles. The van der Waals surface area contributed by atoms with Gasteiger partial charge < -0.3 is 15.5 Å². The first-order chi connectivity index (χ1) is 15.4. The number of rotatable bonds is 6. The fraction of sp³-hybridized carbons (Fsp3) is 0.318. The van der Waals surface area contributed by atoms with Gasteiger partial charge in [-0.2, -0.15) is 5.10 Å². The van der Waals surface area contributed by atoms with Gasteiger partial charge in [-0.05, 0) is 32.2 Å². The summed E-state index contributed by atoms with van der Waals surface area (Å²) >= 11 is 5.88. The molecular weight excluding hydrogens is 433 g/mol. The van der Waals surface area contributed by atoms with Crippen LogP contribution in [0.5, 0.6) is 0 Å². The number of carbonyl (C=O) groups excluding carboxylic acids is 1. The third kappa shape index (κ3) is 5.07. The number of nitrogens with one attached hydrogen (secondary N) is 2. The number of halogens is 2. The summed E-state index contributed by atoms with van der Waals surface area (Å²) in [6.07, 6.45) is 6.59. The summed E-state index contributed by atoms with van der Waals surface area (Å²) in [5.41, 5.74) is 2.74. The summed E-state index contributed by atoms with van der Waals surface area (Å²) < 4.78 is 15.1. The molecule has 1 aliphatic heterocycles. The van der Waals surface area contributed by atoms with E-state index in [2.05, 4.69) is 37.6 Å². The molecule has 0 bridgehead atoms. The summed E-state index contributed by atoms with van der Waals surface area (Å²) in [4.78, 5) is 21.4. The summed E-state index contributed by atoms with van der Waals surface area (Å²) in [5.74, 6) is -0.174. The van der Waals surface area contributed by atoms with Gasteiger partial charge in [0.25, 0.3) is 0 Å². The maximum absolute atomic E-state index is 13.4. The first-order valence-electron chi connectivity index (χ1n) is 10.3. The number of nitrogens with zero attached hydrogens (tertiary/aromatic N) is 5. The maximum Gasteiger partial charge on any atom is 0.248 e. The normalized spacial score (nSPS) is 15.5. The minimum Gasteiger partial charge on any atom is -0.338 e. The molecule has 168 valence electrons. The van der Waals surface area contributed by atoms with Crippen LogP contribution in [0.4, 0.5) is 21.6 Å². The fourth-order valence-corrected chi connectivity index (χ4v) is 3.78. The molecule has 32 heavy (non-hydrogen) atoms. The molecule has 0 aliphatic carbocycles. The van der Waals surface area contributed by atoms with E-state index in [0.29, 0.717) is 22.7 Å². The van der Waals surface area contributed by atoms with Crippen molar-refractivity contribution in [2.75, 3.05) is 50.4 Å². The van der Waals surface area contributed by atoms with Gasteiger partial charge >= 0.3 is 0 Å². The van der Waals surface area contributed by atoms with Gasteiger partial charge in [-0.25, -0.2) is 13.9 Å². The van der Waals surface area contributed by atoms with Crippen LogP contribution in [0, 0.1) is 12.7 Å². The lowest BCUT2D eigenvalue weighted by atomic mass is 10.2. The predicted octanol–water partition coefficient (Wildman–Crippen LogP) is 3.32. The standard InChI is InChI=1S/C22H25ClFN7O/c1-15-19(28-20(32)4-3-7-30-10-8-29(2)9-11-30)13-31-21(15)22(25-14-26-31)27-16-5-6-18(24)17(23)12-16/h3-6,12-14H,7-11H2,1-2H3,(H,28,32)(H,25,26,27)/b4-3+. The molecule has 0 atom stereocenters. The lowest BCUT2D eigenvalue weighted by Gasteiger charge is -2.31. The third-order valence-electron chi connectivity index (χ3n) is 5.50. The molecule has 10 heteroatoms. The van der Waals surface area contributed by atoms with Crippen molar-refractivity contribution in [3.05, 3.63) is 59.3 Å². The zero-order chi connectivity index (χ0) is 22.7. The van der Waals surface area contributed by atoms with E-state index in [1.54, 1.807) is 22.9 Å². The molecule has 0 spiro atoms. The Balaban J connectivity index is 1.46. The van der Waals surface area contributed by atoms with Crippen LogP contribution in [0.1, 0.15) is 5.56 Å². The van der Waals surface area contributed by atoms with Crippen LogP contribution < -0.4 is 10.6 Å². The summed E-state index contributed by atoms with van der Waals surface area (Å²) in [7, 11) is 2.12. The molecule has 4 rings (SSSR count). The quantitative estimate of drug-likeness (QED) is 0.553. The Morgan fingerprint density at radius 2 is 2.06 bits per heavy atom. The zero-order valence-electron chi connectivity index (χ0n) is 18.0. The van der Waals surface area contributed by atoms with Crippen molar-refractivity contribution < 1.29 is 9.18 Å². The largest absolute Gasteiger partial charge is 0.338 e. The van der Waals surface area contributed by atoms with E-state index < -0.39 is 5.82 Å². The fourth-order valence-electron chi connectivity index (χ4n) is 3.60. The summed E-state index contributed by atoms with van der Waals surface area (Å²) in [6.45, 7) is 6.71. The van der Waals surface area contributed by atoms with Gasteiger partial charge in [0.15, 0.2) is 5.82 Å². The second-order valence-electron chi connectivity index (χ2n) is 7.82. The number of amides is 1. The van der Waals surface area contributed by atoms with E-state index in [0.717, 1.165) is 38.3 Å².